The largest absolute Gasteiger partial charge is 0.508 e. The van der Waals surface area contributed by atoms with Crippen LogP contribution in [0.2, 0.25) is 5.02 Å². The lowest BCUT2D eigenvalue weighted by Gasteiger charge is -2.30. The molecule has 0 spiro atoms. The van der Waals surface area contributed by atoms with Gasteiger partial charge in [-0.15, -0.1) is 0 Å². The number of phenolic OH excluding ortho intramolecular Hbond substituents is 1. The molecule has 2 aliphatic rings. The number of halogens is 1. The number of carbonyl (C=O) groups excluding carboxylic acids is 1. The van der Waals surface area contributed by atoms with Gasteiger partial charge in [0.2, 0.25) is 0 Å². The lowest BCUT2D eigenvalue weighted by Crippen LogP contribution is -2.27. The number of hydrogen-bond donors (Lipinski definition) is 3. The summed E-state index contributed by atoms with van der Waals surface area (Å²) in [7, 11) is 0. The molecule has 0 aromatic heterocycles. The molecule has 1 heterocycles. The molecule has 1 aliphatic heterocycles. The minimum Gasteiger partial charge on any atom is -0.508 e. The standard InChI is InChI=1S/C28H27ClN2O3/c1-16(2)34-20-10-7-17(8-11-20)18-13-24-27(26(33)14-18)28(21-15-19(29)9-12-25(21)32)31-23-6-4-3-5-22(23)30-24/h3-12,15-16,18,28,30-32H,13-14H2,1-2H3. The second kappa shape index (κ2) is 9.07. The van der Waals surface area contributed by atoms with E-state index in [1.807, 2.05) is 62.4 Å². The van der Waals surface area contributed by atoms with Crippen molar-refractivity contribution in [3.8, 4) is 11.5 Å². The number of benzene rings is 3. The fraction of sp³-hybridized carbons (Fsp3) is 0.250. The highest BCUT2D eigenvalue weighted by Crippen LogP contribution is 2.46. The van der Waals surface area contributed by atoms with E-state index in [0.717, 1.165) is 28.4 Å². The number of carbonyl (C=O) groups is 1. The summed E-state index contributed by atoms with van der Waals surface area (Å²) in [5.74, 6) is 1.02. The van der Waals surface area contributed by atoms with E-state index in [4.69, 9.17) is 16.3 Å². The summed E-state index contributed by atoms with van der Waals surface area (Å²) in [5, 5.41) is 18.2. The summed E-state index contributed by atoms with van der Waals surface area (Å²) in [6, 6.07) is 20.3. The van der Waals surface area contributed by atoms with Gasteiger partial charge in [-0.3, -0.25) is 4.79 Å². The number of aromatic hydroxyl groups is 1. The van der Waals surface area contributed by atoms with Gasteiger partial charge in [0.05, 0.1) is 23.5 Å². The van der Waals surface area contributed by atoms with Gasteiger partial charge >= 0.3 is 0 Å². The zero-order valence-electron chi connectivity index (χ0n) is 19.1. The lowest BCUT2D eigenvalue weighted by molar-refractivity contribution is -0.116. The molecule has 0 fully saturated rings. The number of phenols is 1. The number of nitrogens with one attached hydrogen (secondary N) is 2. The first-order valence-corrected chi connectivity index (χ1v) is 11.9. The van der Waals surface area contributed by atoms with Gasteiger partial charge in [0.1, 0.15) is 11.5 Å². The topological polar surface area (TPSA) is 70.6 Å². The van der Waals surface area contributed by atoms with Crippen LogP contribution in [0.3, 0.4) is 0 Å². The summed E-state index contributed by atoms with van der Waals surface area (Å²) in [6.45, 7) is 4.00. The van der Waals surface area contributed by atoms with E-state index < -0.39 is 6.04 Å². The minimum absolute atomic E-state index is 0.0470. The van der Waals surface area contributed by atoms with Crippen molar-refractivity contribution in [1.82, 2.24) is 0 Å². The summed E-state index contributed by atoms with van der Waals surface area (Å²) < 4.78 is 5.77. The summed E-state index contributed by atoms with van der Waals surface area (Å²) in [5.41, 5.74) is 4.95. The quantitative estimate of drug-likeness (QED) is 0.387. The molecule has 1 aliphatic carbocycles. The molecule has 0 bridgehead atoms. The number of allylic oxidation sites excluding steroid dienone is 1. The molecule has 3 aromatic carbocycles. The Kier molecular flexibility index (Phi) is 5.96. The average Bonchev–Trinajstić information content (AvgIpc) is 2.97. The zero-order chi connectivity index (χ0) is 23.8. The predicted molar refractivity (Wildman–Crippen MR) is 136 cm³/mol. The Morgan fingerprint density at radius 3 is 2.47 bits per heavy atom. The van der Waals surface area contributed by atoms with Gasteiger partial charge in [-0.25, -0.2) is 0 Å². The second-order valence-electron chi connectivity index (χ2n) is 9.11. The maximum Gasteiger partial charge on any atom is 0.163 e. The van der Waals surface area contributed by atoms with Crippen LogP contribution in [0.5, 0.6) is 11.5 Å². The van der Waals surface area contributed by atoms with E-state index in [1.54, 1.807) is 18.2 Å². The molecule has 5 nitrogen and oxygen atoms in total. The Balaban J connectivity index is 1.55. The van der Waals surface area contributed by atoms with Crippen LogP contribution in [-0.2, 0) is 4.79 Å². The third-order valence-electron chi connectivity index (χ3n) is 6.33. The molecule has 174 valence electrons. The summed E-state index contributed by atoms with van der Waals surface area (Å²) in [6.07, 6.45) is 1.18. The maximum absolute atomic E-state index is 13.6. The van der Waals surface area contributed by atoms with Crippen molar-refractivity contribution in [2.24, 2.45) is 0 Å². The van der Waals surface area contributed by atoms with Crippen LogP contribution < -0.4 is 15.4 Å². The highest BCUT2D eigenvalue weighted by atomic mass is 35.5. The first-order valence-electron chi connectivity index (χ1n) is 11.5. The molecular formula is C28H27ClN2O3. The molecule has 0 amide bonds. The average molecular weight is 475 g/mol. The number of ether oxygens (including phenoxy) is 1. The van der Waals surface area contributed by atoms with Crippen molar-refractivity contribution in [2.45, 2.75) is 44.8 Å². The normalized spacial score (nSPS) is 19.6. The molecule has 0 saturated carbocycles. The van der Waals surface area contributed by atoms with Crippen LogP contribution in [0, 0.1) is 0 Å². The van der Waals surface area contributed by atoms with Crippen molar-refractivity contribution in [3.63, 3.8) is 0 Å². The van der Waals surface area contributed by atoms with Crippen LogP contribution in [0.1, 0.15) is 49.8 Å². The van der Waals surface area contributed by atoms with Crippen LogP contribution in [0.25, 0.3) is 0 Å². The van der Waals surface area contributed by atoms with Gasteiger partial charge in [0.25, 0.3) is 0 Å². The zero-order valence-corrected chi connectivity index (χ0v) is 19.9. The SMILES string of the molecule is CC(C)Oc1ccc(C2CC(=O)C3=C(C2)Nc2ccccc2NC3c2cc(Cl)ccc2O)cc1. The van der Waals surface area contributed by atoms with Crippen LogP contribution in [0.4, 0.5) is 11.4 Å². The minimum atomic E-state index is -0.514. The predicted octanol–water partition coefficient (Wildman–Crippen LogP) is 6.81. The van der Waals surface area contributed by atoms with E-state index in [1.165, 1.54) is 0 Å². The highest BCUT2D eigenvalue weighted by Gasteiger charge is 2.37. The fourth-order valence-electron chi connectivity index (χ4n) is 4.81. The molecule has 3 N–H and O–H groups in total. The number of para-hydroxylation sites is 2. The Labute approximate surface area is 204 Å². The monoisotopic (exact) mass is 474 g/mol. The molecule has 0 radical (unpaired) electrons. The van der Waals surface area contributed by atoms with Gasteiger partial charge in [0, 0.05) is 28.3 Å². The molecule has 2 atom stereocenters. The van der Waals surface area contributed by atoms with E-state index in [0.29, 0.717) is 29.0 Å². The molecule has 0 saturated heterocycles. The van der Waals surface area contributed by atoms with E-state index >= 15 is 0 Å². The van der Waals surface area contributed by atoms with Gasteiger partial charge in [-0.1, -0.05) is 35.9 Å². The molecule has 3 aromatic rings. The Bertz CT molecular complexity index is 1270. The number of Topliss-reactive ketones (excluding diaryl/α,β-unsaturated/α-hetero) is 1. The van der Waals surface area contributed by atoms with Crippen LogP contribution >= 0.6 is 11.6 Å². The van der Waals surface area contributed by atoms with Crippen molar-refractivity contribution < 1.29 is 14.6 Å². The van der Waals surface area contributed by atoms with Crippen LogP contribution in [-0.4, -0.2) is 17.0 Å². The second-order valence-corrected chi connectivity index (χ2v) is 9.54. The Morgan fingerprint density at radius 1 is 1.00 bits per heavy atom. The van der Waals surface area contributed by atoms with Gasteiger partial charge < -0.3 is 20.5 Å². The van der Waals surface area contributed by atoms with Gasteiger partial charge in [-0.05, 0) is 74.2 Å². The Hall–Kier alpha value is -3.44. The van der Waals surface area contributed by atoms with Crippen LogP contribution in [0.15, 0.2) is 78.0 Å². The number of rotatable bonds is 4. The molecular weight excluding hydrogens is 448 g/mol. The van der Waals surface area contributed by atoms with Crippen molar-refractivity contribution in [2.75, 3.05) is 10.6 Å². The first-order chi connectivity index (χ1) is 16.4. The van der Waals surface area contributed by atoms with Gasteiger partial charge in [-0.2, -0.15) is 0 Å². The lowest BCUT2D eigenvalue weighted by atomic mass is 9.78. The highest BCUT2D eigenvalue weighted by molar-refractivity contribution is 6.30. The molecule has 34 heavy (non-hydrogen) atoms. The van der Waals surface area contributed by atoms with Crippen molar-refractivity contribution >= 4 is 28.8 Å². The number of anilines is 2. The third-order valence-corrected chi connectivity index (χ3v) is 6.57. The molecule has 6 heteroatoms. The van der Waals surface area contributed by atoms with E-state index in [9.17, 15) is 9.90 Å². The smallest absolute Gasteiger partial charge is 0.163 e. The van der Waals surface area contributed by atoms with Crippen molar-refractivity contribution in [3.05, 3.63) is 94.1 Å². The fourth-order valence-corrected chi connectivity index (χ4v) is 4.99. The maximum atomic E-state index is 13.6. The van der Waals surface area contributed by atoms with E-state index in [2.05, 4.69) is 10.6 Å². The first kappa shape index (κ1) is 22.4. The van der Waals surface area contributed by atoms with E-state index in [-0.39, 0.29) is 23.6 Å². The number of fused-ring (bicyclic) bond motifs is 1. The third kappa shape index (κ3) is 4.36. The number of ketones is 1. The number of hydrogen-bond acceptors (Lipinski definition) is 5. The van der Waals surface area contributed by atoms with Crippen molar-refractivity contribution in [1.29, 1.82) is 0 Å². The van der Waals surface area contributed by atoms with Gasteiger partial charge in [0.15, 0.2) is 5.78 Å². The summed E-state index contributed by atoms with van der Waals surface area (Å²) >= 11 is 6.27. The molecule has 2 unspecified atom stereocenters. The Morgan fingerprint density at radius 2 is 1.74 bits per heavy atom. The molecule has 5 rings (SSSR count). The summed E-state index contributed by atoms with van der Waals surface area (Å²) in [4.78, 5) is 13.6.